The molecule has 168 valence electrons. The van der Waals surface area contributed by atoms with Gasteiger partial charge in [0, 0.05) is 10.4 Å². The van der Waals surface area contributed by atoms with Gasteiger partial charge in [0.1, 0.15) is 11.1 Å². The van der Waals surface area contributed by atoms with Gasteiger partial charge in [-0.05, 0) is 57.1 Å². The van der Waals surface area contributed by atoms with E-state index < -0.39 is 17.8 Å². The van der Waals surface area contributed by atoms with E-state index in [1.54, 1.807) is 0 Å². The highest BCUT2D eigenvalue weighted by Crippen LogP contribution is 2.41. The van der Waals surface area contributed by atoms with Crippen molar-refractivity contribution in [1.82, 2.24) is 0 Å². The van der Waals surface area contributed by atoms with Crippen LogP contribution in [0, 0.1) is 30.1 Å². The highest BCUT2D eigenvalue weighted by Gasteiger charge is 2.37. The number of nitriles is 1. The fourth-order valence-corrected chi connectivity index (χ4v) is 5.36. The molecule has 32 heavy (non-hydrogen) atoms. The number of rotatable bonds is 6. The number of aliphatic carboxylic acids is 1. The number of benzene rings is 1. The molecule has 0 fully saturated rings. The second-order valence-corrected chi connectivity index (χ2v) is 10.0. The van der Waals surface area contributed by atoms with E-state index in [2.05, 4.69) is 37.4 Å². The Kier molecular flexibility index (Phi) is 7.20. The molecule has 2 aromatic rings. The highest BCUT2D eigenvalue weighted by atomic mass is 32.1. The number of carboxylic acid groups (broad SMARTS) is 1. The quantitative estimate of drug-likeness (QED) is 0.492. The van der Waals surface area contributed by atoms with E-state index in [-0.39, 0.29) is 5.91 Å². The number of thiophene rings is 1. The fourth-order valence-electron chi connectivity index (χ4n) is 4.33. The van der Waals surface area contributed by atoms with Crippen LogP contribution in [0.15, 0.2) is 35.4 Å². The van der Waals surface area contributed by atoms with Crippen molar-refractivity contribution in [3.63, 3.8) is 0 Å². The molecule has 6 heteroatoms. The van der Waals surface area contributed by atoms with E-state index in [4.69, 9.17) is 0 Å². The fraction of sp³-hybridized carbons (Fsp3) is 0.423. The predicted octanol–water partition coefficient (Wildman–Crippen LogP) is 6.49. The smallest absolute Gasteiger partial charge is 0.307 e. The maximum atomic E-state index is 13.1. The standard InChI is InChI=1S/C26H30N2O3S/c1-6-14(2)18-7-9-19(10-8-18)23-17(5)32-25(22(23)13-27)28-24(29)20-11-15(3)16(4)12-21(20)26(30)31/h7-10,14,20-21H,6,11-12H2,1-5H3,(H,28,29)(H,30,31)/t14-,20+,21-/m0/s1. The molecular formula is C26H30N2O3S. The van der Waals surface area contributed by atoms with Crippen molar-refractivity contribution < 1.29 is 14.7 Å². The van der Waals surface area contributed by atoms with E-state index in [1.165, 1.54) is 16.9 Å². The summed E-state index contributed by atoms with van der Waals surface area (Å²) in [5.74, 6) is -2.22. The van der Waals surface area contributed by atoms with Gasteiger partial charge in [0.15, 0.2) is 0 Å². The van der Waals surface area contributed by atoms with Gasteiger partial charge >= 0.3 is 5.97 Å². The number of carbonyl (C=O) groups is 2. The number of hydrogen-bond donors (Lipinski definition) is 2. The van der Waals surface area contributed by atoms with E-state index in [1.807, 2.05) is 32.9 Å². The Morgan fingerprint density at radius 1 is 1.16 bits per heavy atom. The molecule has 3 atom stereocenters. The molecule has 1 aromatic heterocycles. The molecule has 3 rings (SSSR count). The van der Waals surface area contributed by atoms with Crippen molar-refractivity contribution in [1.29, 1.82) is 5.26 Å². The summed E-state index contributed by atoms with van der Waals surface area (Å²) in [7, 11) is 0. The van der Waals surface area contributed by atoms with Gasteiger partial charge in [-0.15, -0.1) is 11.3 Å². The SMILES string of the molecule is CC[C@H](C)c1ccc(-c2c(C)sc(NC(=O)[C@@H]3CC(C)=C(C)C[C@@H]3C(=O)O)c2C#N)cc1. The van der Waals surface area contributed by atoms with Crippen LogP contribution in [-0.2, 0) is 9.59 Å². The first-order chi connectivity index (χ1) is 15.2. The van der Waals surface area contributed by atoms with Crippen LogP contribution in [-0.4, -0.2) is 17.0 Å². The summed E-state index contributed by atoms with van der Waals surface area (Å²) >= 11 is 1.36. The Bertz CT molecular complexity index is 1110. The summed E-state index contributed by atoms with van der Waals surface area (Å²) in [5, 5.41) is 22.9. The summed E-state index contributed by atoms with van der Waals surface area (Å²) in [4.78, 5) is 25.8. The Morgan fingerprint density at radius 2 is 1.75 bits per heavy atom. The van der Waals surface area contributed by atoms with Crippen LogP contribution in [0.4, 0.5) is 5.00 Å². The molecule has 5 nitrogen and oxygen atoms in total. The molecule has 0 unspecified atom stereocenters. The number of carbonyl (C=O) groups excluding carboxylic acids is 1. The largest absolute Gasteiger partial charge is 0.481 e. The normalized spacial score (nSPS) is 19.4. The molecule has 0 saturated heterocycles. The molecule has 0 aliphatic heterocycles. The maximum absolute atomic E-state index is 13.1. The Morgan fingerprint density at radius 3 is 2.28 bits per heavy atom. The minimum atomic E-state index is -0.957. The summed E-state index contributed by atoms with van der Waals surface area (Å²) in [6.07, 6.45) is 1.86. The molecule has 0 bridgehead atoms. The number of carboxylic acids is 1. The summed E-state index contributed by atoms with van der Waals surface area (Å²) in [6.45, 7) is 10.2. The third-order valence-electron chi connectivity index (χ3n) is 6.73. The third kappa shape index (κ3) is 4.63. The predicted molar refractivity (Wildman–Crippen MR) is 129 cm³/mol. The summed E-state index contributed by atoms with van der Waals surface area (Å²) in [5.41, 5.74) is 5.56. The van der Waals surface area contributed by atoms with Gasteiger partial charge in [-0.2, -0.15) is 5.26 Å². The van der Waals surface area contributed by atoms with Crippen LogP contribution in [0.1, 0.15) is 68.9 Å². The molecule has 1 aliphatic rings. The van der Waals surface area contributed by atoms with E-state index in [9.17, 15) is 20.0 Å². The topological polar surface area (TPSA) is 90.2 Å². The molecular weight excluding hydrogens is 420 g/mol. The second-order valence-electron chi connectivity index (χ2n) is 8.79. The molecule has 1 aliphatic carbocycles. The minimum absolute atomic E-state index is 0.333. The van der Waals surface area contributed by atoms with Gasteiger partial charge in [-0.25, -0.2) is 0 Å². The van der Waals surface area contributed by atoms with Crippen molar-refractivity contribution in [2.45, 2.75) is 59.8 Å². The third-order valence-corrected chi connectivity index (χ3v) is 7.75. The van der Waals surface area contributed by atoms with Gasteiger partial charge < -0.3 is 10.4 Å². The highest BCUT2D eigenvalue weighted by molar-refractivity contribution is 7.17. The van der Waals surface area contributed by atoms with Gasteiger partial charge in [-0.1, -0.05) is 49.3 Å². The number of hydrogen-bond acceptors (Lipinski definition) is 4. The van der Waals surface area contributed by atoms with Crippen molar-refractivity contribution in [3.05, 3.63) is 51.4 Å². The van der Waals surface area contributed by atoms with Crippen molar-refractivity contribution in [2.75, 3.05) is 5.32 Å². The lowest BCUT2D eigenvalue weighted by atomic mass is 9.76. The lowest BCUT2D eigenvalue weighted by Crippen LogP contribution is -2.36. The molecule has 0 radical (unpaired) electrons. The minimum Gasteiger partial charge on any atom is -0.481 e. The molecule has 1 aromatic carbocycles. The monoisotopic (exact) mass is 450 g/mol. The van der Waals surface area contributed by atoms with Crippen LogP contribution in [0.25, 0.3) is 11.1 Å². The lowest BCUT2D eigenvalue weighted by molar-refractivity contribution is -0.146. The lowest BCUT2D eigenvalue weighted by Gasteiger charge is -2.29. The van der Waals surface area contributed by atoms with E-state index in [0.29, 0.717) is 29.3 Å². The van der Waals surface area contributed by atoms with Gasteiger partial charge in [0.2, 0.25) is 5.91 Å². The summed E-state index contributed by atoms with van der Waals surface area (Å²) in [6, 6.07) is 10.5. The Balaban J connectivity index is 1.91. The van der Waals surface area contributed by atoms with E-state index in [0.717, 1.165) is 33.6 Å². The van der Waals surface area contributed by atoms with Crippen molar-refractivity contribution >= 4 is 28.2 Å². The van der Waals surface area contributed by atoms with Crippen LogP contribution < -0.4 is 5.32 Å². The van der Waals surface area contributed by atoms with Crippen LogP contribution >= 0.6 is 11.3 Å². The average molecular weight is 451 g/mol. The number of aryl methyl sites for hydroxylation is 1. The number of nitrogens with one attached hydrogen (secondary N) is 1. The molecule has 1 heterocycles. The van der Waals surface area contributed by atoms with Gasteiger partial charge in [-0.3, -0.25) is 9.59 Å². The number of anilines is 1. The molecule has 2 N–H and O–H groups in total. The molecule has 0 spiro atoms. The first kappa shape index (κ1) is 23.7. The maximum Gasteiger partial charge on any atom is 0.307 e. The number of nitrogens with zero attached hydrogens (tertiary/aromatic N) is 1. The summed E-state index contributed by atoms with van der Waals surface area (Å²) < 4.78 is 0. The molecule has 0 saturated carbocycles. The van der Waals surface area contributed by atoms with Crippen LogP contribution in [0.3, 0.4) is 0 Å². The zero-order valence-electron chi connectivity index (χ0n) is 19.3. The van der Waals surface area contributed by atoms with Crippen LogP contribution in [0.5, 0.6) is 0 Å². The zero-order valence-corrected chi connectivity index (χ0v) is 20.1. The number of amides is 1. The van der Waals surface area contributed by atoms with Crippen LogP contribution in [0.2, 0.25) is 0 Å². The zero-order chi connectivity index (χ0) is 23.6. The van der Waals surface area contributed by atoms with Gasteiger partial charge in [0.25, 0.3) is 0 Å². The first-order valence-electron chi connectivity index (χ1n) is 11.0. The van der Waals surface area contributed by atoms with E-state index >= 15 is 0 Å². The molecule has 1 amide bonds. The number of allylic oxidation sites excluding steroid dienone is 2. The van der Waals surface area contributed by atoms with Gasteiger partial charge in [0.05, 0.1) is 17.4 Å². The average Bonchev–Trinajstić information content (AvgIpc) is 3.09. The Hall–Kier alpha value is -2.91. The van der Waals surface area contributed by atoms with Crippen molar-refractivity contribution in [2.24, 2.45) is 11.8 Å². The second kappa shape index (κ2) is 9.70. The first-order valence-corrected chi connectivity index (χ1v) is 11.8. The van der Waals surface area contributed by atoms with Crippen molar-refractivity contribution in [3.8, 4) is 17.2 Å². The Labute approximate surface area is 193 Å².